The minimum atomic E-state index is -0.269. The van der Waals surface area contributed by atoms with Gasteiger partial charge in [0.05, 0.1) is 4.47 Å². The predicted molar refractivity (Wildman–Crippen MR) is 80.6 cm³/mol. The molecule has 0 heterocycles. The number of aryl methyl sites for hydroxylation is 2. The number of benzene rings is 2. The Kier molecular flexibility index (Phi) is 4.38. The molecule has 0 bridgehead atoms. The Morgan fingerprint density at radius 2 is 1.79 bits per heavy atom. The van der Waals surface area contributed by atoms with Crippen LogP contribution in [0.25, 0.3) is 0 Å². The molecule has 100 valence electrons. The van der Waals surface area contributed by atoms with Crippen LogP contribution in [-0.2, 0) is 6.42 Å². The molecule has 2 rings (SSSR count). The first-order chi connectivity index (χ1) is 8.99. The van der Waals surface area contributed by atoms with Crippen molar-refractivity contribution in [1.82, 2.24) is 0 Å². The largest absolute Gasteiger partial charge is 0.324 e. The molecule has 0 radical (unpaired) electrons. The summed E-state index contributed by atoms with van der Waals surface area (Å²) in [5, 5.41) is 0. The average Bonchev–Trinajstić information content (AvgIpc) is 2.37. The molecule has 0 aliphatic rings. The van der Waals surface area contributed by atoms with E-state index in [1.165, 1.54) is 22.8 Å². The van der Waals surface area contributed by atoms with Crippen LogP contribution in [0.4, 0.5) is 4.39 Å². The minimum absolute atomic E-state index is 0.192. The summed E-state index contributed by atoms with van der Waals surface area (Å²) in [4.78, 5) is 0. The van der Waals surface area contributed by atoms with Crippen LogP contribution >= 0.6 is 15.9 Å². The van der Waals surface area contributed by atoms with Crippen molar-refractivity contribution in [3.8, 4) is 0 Å². The third-order valence-electron chi connectivity index (χ3n) is 3.44. The summed E-state index contributed by atoms with van der Waals surface area (Å²) in [6.07, 6.45) is 0.722. The summed E-state index contributed by atoms with van der Waals surface area (Å²) in [7, 11) is 0. The van der Waals surface area contributed by atoms with Gasteiger partial charge >= 0.3 is 0 Å². The van der Waals surface area contributed by atoms with E-state index >= 15 is 0 Å². The summed E-state index contributed by atoms with van der Waals surface area (Å²) < 4.78 is 14.0. The lowest BCUT2D eigenvalue weighted by Crippen LogP contribution is -2.15. The van der Waals surface area contributed by atoms with Crippen LogP contribution < -0.4 is 5.73 Å². The molecule has 2 aromatic rings. The van der Waals surface area contributed by atoms with E-state index in [1.54, 1.807) is 6.07 Å². The van der Waals surface area contributed by atoms with Gasteiger partial charge in [-0.2, -0.15) is 0 Å². The minimum Gasteiger partial charge on any atom is -0.324 e. The second kappa shape index (κ2) is 5.85. The maximum Gasteiger partial charge on any atom is 0.137 e. The van der Waals surface area contributed by atoms with Crippen molar-refractivity contribution in [2.75, 3.05) is 0 Å². The topological polar surface area (TPSA) is 26.0 Å². The fraction of sp³-hybridized carbons (Fsp3) is 0.250. The van der Waals surface area contributed by atoms with Gasteiger partial charge in [-0.25, -0.2) is 4.39 Å². The molecule has 2 N–H and O–H groups in total. The van der Waals surface area contributed by atoms with E-state index in [2.05, 4.69) is 41.9 Å². The first-order valence-corrected chi connectivity index (χ1v) is 7.04. The molecule has 0 aliphatic heterocycles. The summed E-state index contributed by atoms with van der Waals surface area (Å²) in [5.41, 5.74) is 10.7. The molecule has 0 aromatic heterocycles. The number of hydrogen-bond donors (Lipinski definition) is 1. The lowest BCUT2D eigenvalue weighted by molar-refractivity contribution is 0.612. The average molecular weight is 322 g/mol. The highest BCUT2D eigenvalue weighted by atomic mass is 79.9. The van der Waals surface area contributed by atoms with Gasteiger partial charge in [-0.05, 0) is 70.6 Å². The Labute approximate surface area is 121 Å². The SMILES string of the molecule is Cc1cccc(C)c1CC(N)c1ccc(Br)c(F)c1. The molecule has 0 aliphatic carbocycles. The number of halogens is 2. The van der Waals surface area contributed by atoms with E-state index in [4.69, 9.17) is 5.73 Å². The second-order valence-corrected chi connectivity index (χ2v) is 5.71. The third-order valence-corrected chi connectivity index (χ3v) is 4.08. The molecule has 19 heavy (non-hydrogen) atoms. The van der Waals surface area contributed by atoms with Crippen LogP contribution in [0.3, 0.4) is 0 Å². The first-order valence-electron chi connectivity index (χ1n) is 6.24. The van der Waals surface area contributed by atoms with Crippen molar-refractivity contribution < 1.29 is 4.39 Å². The van der Waals surface area contributed by atoms with Gasteiger partial charge in [0.2, 0.25) is 0 Å². The zero-order valence-corrected chi connectivity index (χ0v) is 12.7. The first kappa shape index (κ1) is 14.2. The predicted octanol–water partition coefficient (Wildman–Crippen LogP) is 4.45. The molecule has 0 spiro atoms. The Bertz CT molecular complexity index is 575. The maximum atomic E-state index is 13.5. The van der Waals surface area contributed by atoms with Crippen LogP contribution in [0.15, 0.2) is 40.9 Å². The molecule has 1 unspecified atom stereocenters. The zero-order valence-electron chi connectivity index (χ0n) is 11.1. The van der Waals surface area contributed by atoms with Crippen LogP contribution in [0.1, 0.15) is 28.3 Å². The highest BCUT2D eigenvalue weighted by Gasteiger charge is 2.12. The van der Waals surface area contributed by atoms with Gasteiger partial charge in [0.1, 0.15) is 5.82 Å². The van der Waals surface area contributed by atoms with Crippen molar-refractivity contribution in [3.05, 3.63) is 68.9 Å². The van der Waals surface area contributed by atoms with E-state index < -0.39 is 0 Å². The summed E-state index contributed by atoms with van der Waals surface area (Å²) in [5.74, 6) is -0.269. The van der Waals surface area contributed by atoms with Gasteiger partial charge in [0.25, 0.3) is 0 Å². The smallest absolute Gasteiger partial charge is 0.137 e. The number of nitrogens with two attached hydrogens (primary N) is 1. The van der Waals surface area contributed by atoms with E-state index in [9.17, 15) is 4.39 Å². The fourth-order valence-electron chi connectivity index (χ4n) is 2.25. The molecule has 3 heteroatoms. The van der Waals surface area contributed by atoms with Crippen molar-refractivity contribution in [1.29, 1.82) is 0 Å². The second-order valence-electron chi connectivity index (χ2n) is 4.85. The lowest BCUT2D eigenvalue weighted by atomic mass is 9.93. The summed E-state index contributed by atoms with van der Waals surface area (Å²) in [6, 6.07) is 11.1. The van der Waals surface area contributed by atoms with E-state index in [0.29, 0.717) is 4.47 Å². The van der Waals surface area contributed by atoms with E-state index in [0.717, 1.165) is 12.0 Å². The van der Waals surface area contributed by atoms with E-state index in [-0.39, 0.29) is 11.9 Å². The Hall–Kier alpha value is -1.19. The number of hydrogen-bond acceptors (Lipinski definition) is 1. The summed E-state index contributed by atoms with van der Waals surface area (Å²) >= 11 is 3.15. The van der Waals surface area contributed by atoms with Gasteiger partial charge < -0.3 is 5.73 Å². The third kappa shape index (κ3) is 3.23. The maximum absolute atomic E-state index is 13.5. The van der Waals surface area contributed by atoms with Crippen LogP contribution in [-0.4, -0.2) is 0 Å². The van der Waals surface area contributed by atoms with Gasteiger partial charge in [0, 0.05) is 6.04 Å². The molecule has 2 aromatic carbocycles. The van der Waals surface area contributed by atoms with Crippen molar-refractivity contribution in [2.45, 2.75) is 26.3 Å². The molecule has 0 saturated carbocycles. The standard InChI is InChI=1S/C16H17BrFN/c1-10-4-3-5-11(2)13(10)9-16(19)12-6-7-14(17)15(18)8-12/h3-8,16H,9,19H2,1-2H3. The quantitative estimate of drug-likeness (QED) is 0.888. The highest BCUT2D eigenvalue weighted by Crippen LogP contribution is 2.24. The van der Waals surface area contributed by atoms with E-state index in [1.807, 2.05) is 12.1 Å². The lowest BCUT2D eigenvalue weighted by Gasteiger charge is -2.16. The van der Waals surface area contributed by atoms with Crippen molar-refractivity contribution in [3.63, 3.8) is 0 Å². The zero-order chi connectivity index (χ0) is 14.0. The molecular weight excluding hydrogens is 305 g/mol. The highest BCUT2D eigenvalue weighted by molar-refractivity contribution is 9.10. The van der Waals surface area contributed by atoms with Crippen LogP contribution in [0, 0.1) is 19.7 Å². The van der Waals surface area contributed by atoms with Crippen LogP contribution in [0.2, 0.25) is 0 Å². The van der Waals surface area contributed by atoms with Crippen molar-refractivity contribution in [2.24, 2.45) is 5.73 Å². The monoisotopic (exact) mass is 321 g/mol. The molecule has 0 fully saturated rings. The summed E-state index contributed by atoms with van der Waals surface area (Å²) in [6.45, 7) is 4.16. The van der Waals surface area contributed by atoms with Gasteiger partial charge in [-0.1, -0.05) is 24.3 Å². The normalized spacial score (nSPS) is 12.5. The Morgan fingerprint density at radius 1 is 1.16 bits per heavy atom. The van der Waals surface area contributed by atoms with Gasteiger partial charge in [0.15, 0.2) is 0 Å². The molecule has 1 nitrogen and oxygen atoms in total. The molecular formula is C16H17BrFN. The molecule has 1 atom stereocenters. The Balaban J connectivity index is 2.25. The molecule has 0 saturated heterocycles. The van der Waals surface area contributed by atoms with Gasteiger partial charge in [-0.15, -0.1) is 0 Å². The molecule has 0 amide bonds. The van der Waals surface area contributed by atoms with Crippen LogP contribution in [0.5, 0.6) is 0 Å². The Morgan fingerprint density at radius 3 is 2.37 bits per heavy atom. The fourth-order valence-corrected chi connectivity index (χ4v) is 2.50. The number of rotatable bonds is 3. The van der Waals surface area contributed by atoms with Crippen molar-refractivity contribution >= 4 is 15.9 Å². The van der Waals surface area contributed by atoms with Gasteiger partial charge in [-0.3, -0.25) is 0 Å².